The minimum atomic E-state index is -0.462. The molecule has 0 saturated carbocycles. The van der Waals surface area contributed by atoms with Gasteiger partial charge in [-0.1, -0.05) is 0 Å². The van der Waals surface area contributed by atoms with Crippen molar-refractivity contribution in [1.82, 2.24) is 5.32 Å². The molecular weight excluding hydrogens is 223 g/mol. The van der Waals surface area contributed by atoms with Crippen LogP contribution in [-0.4, -0.2) is 23.3 Å². The highest BCUT2D eigenvalue weighted by atomic mass is 19.1. The zero-order valence-electron chi connectivity index (χ0n) is 9.90. The maximum atomic E-state index is 12.6. The van der Waals surface area contributed by atoms with Gasteiger partial charge in [0.2, 0.25) is 0 Å². The van der Waals surface area contributed by atoms with Crippen LogP contribution in [0.25, 0.3) is 0 Å². The number of hydrogen-bond acceptors (Lipinski definition) is 2. The number of halogens is 1. The molecule has 0 fully saturated rings. The van der Waals surface area contributed by atoms with E-state index in [9.17, 15) is 9.18 Å². The Morgan fingerprint density at radius 1 is 1.35 bits per heavy atom. The number of carbonyl (C=O) groups excluding carboxylic acids is 1. The Bertz CT molecular complexity index is 365. The van der Waals surface area contributed by atoms with Crippen molar-refractivity contribution in [1.29, 1.82) is 0 Å². The van der Waals surface area contributed by atoms with Crippen molar-refractivity contribution >= 4 is 11.7 Å². The van der Waals surface area contributed by atoms with Gasteiger partial charge < -0.3 is 15.7 Å². The molecule has 3 N–H and O–H groups in total. The molecule has 0 bridgehead atoms. The van der Waals surface area contributed by atoms with Crippen molar-refractivity contribution in [2.75, 3.05) is 5.32 Å². The second-order valence-corrected chi connectivity index (χ2v) is 4.09. The first-order chi connectivity index (χ1) is 7.97. The molecule has 0 saturated heterocycles. The summed E-state index contributed by atoms with van der Waals surface area (Å²) in [5, 5.41) is 14.4. The number of anilines is 1. The molecular formula is C12H17FN2O2. The third kappa shape index (κ3) is 5.31. The molecule has 0 aliphatic rings. The normalized spacial score (nSPS) is 13.9. The fourth-order valence-corrected chi connectivity index (χ4v) is 1.49. The van der Waals surface area contributed by atoms with E-state index in [1.54, 1.807) is 13.8 Å². The van der Waals surface area contributed by atoms with Crippen molar-refractivity contribution in [3.8, 4) is 0 Å². The maximum Gasteiger partial charge on any atom is 0.319 e. The van der Waals surface area contributed by atoms with Crippen molar-refractivity contribution in [2.45, 2.75) is 32.4 Å². The standard InChI is InChI=1S/C12H17FN2O2/c1-8(7-9(2)16)14-12(17)15-11-5-3-10(13)4-6-11/h3-6,8-9,16H,7H2,1-2H3,(H2,14,15,17). The summed E-state index contributed by atoms with van der Waals surface area (Å²) in [6.45, 7) is 3.47. The lowest BCUT2D eigenvalue weighted by molar-refractivity contribution is 0.171. The Morgan fingerprint density at radius 3 is 2.47 bits per heavy atom. The van der Waals surface area contributed by atoms with Gasteiger partial charge in [0.15, 0.2) is 0 Å². The molecule has 1 aromatic rings. The molecule has 2 amide bonds. The Labute approximate surface area is 99.8 Å². The third-order valence-corrected chi connectivity index (χ3v) is 2.17. The van der Waals surface area contributed by atoms with Crippen LogP contribution in [-0.2, 0) is 0 Å². The summed E-state index contributed by atoms with van der Waals surface area (Å²) in [6, 6.07) is 5.01. The number of hydrogen-bond donors (Lipinski definition) is 3. The SMILES string of the molecule is CC(O)CC(C)NC(=O)Nc1ccc(F)cc1. The van der Waals surface area contributed by atoms with E-state index >= 15 is 0 Å². The molecule has 0 aliphatic carbocycles. The predicted molar refractivity (Wildman–Crippen MR) is 64.3 cm³/mol. The van der Waals surface area contributed by atoms with Crippen molar-refractivity contribution < 1.29 is 14.3 Å². The van der Waals surface area contributed by atoms with Gasteiger partial charge in [-0.3, -0.25) is 0 Å². The quantitative estimate of drug-likeness (QED) is 0.754. The van der Waals surface area contributed by atoms with Crippen LogP contribution >= 0.6 is 0 Å². The number of aliphatic hydroxyl groups excluding tert-OH is 1. The molecule has 2 atom stereocenters. The smallest absolute Gasteiger partial charge is 0.319 e. The van der Waals surface area contributed by atoms with Crippen LogP contribution in [0.3, 0.4) is 0 Å². The Kier molecular flexibility index (Phi) is 4.90. The number of amides is 2. The highest BCUT2D eigenvalue weighted by molar-refractivity contribution is 5.89. The summed E-state index contributed by atoms with van der Waals surface area (Å²) in [5.74, 6) is -0.349. The molecule has 0 heterocycles. The van der Waals surface area contributed by atoms with E-state index in [2.05, 4.69) is 10.6 Å². The van der Waals surface area contributed by atoms with E-state index < -0.39 is 6.10 Å². The van der Waals surface area contributed by atoms with Gasteiger partial charge in [-0.2, -0.15) is 0 Å². The molecule has 0 spiro atoms. The summed E-state index contributed by atoms with van der Waals surface area (Å²) in [7, 11) is 0. The highest BCUT2D eigenvalue weighted by Gasteiger charge is 2.09. The number of rotatable bonds is 4. The minimum absolute atomic E-state index is 0.129. The Balaban J connectivity index is 2.41. The van der Waals surface area contributed by atoms with E-state index in [1.807, 2.05) is 0 Å². The Morgan fingerprint density at radius 2 is 1.94 bits per heavy atom. The molecule has 0 radical (unpaired) electrons. The van der Waals surface area contributed by atoms with Crippen molar-refractivity contribution in [2.24, 2.45) is 0 Å². The van der Waals surface area contributed by atoms with Crippen LogP contribution in [0.2, 0.25) is 0 Å². The maximum absolute atomic E-state index is 12.6. The topological polar surface area (TPSA) is 61.4 Å². The van der Waals surface area contributed by atoms with Gasteiger partial charge in [0.05, 0.1) is 6.10 Å². The van der Waals surface area contributed by atoms with Crippen molar-refractivity contribution in [3.63, 3.8) is 0 Å². The second kappa shape index (κ2) is 6.20. The predicted octanol–water partition coefficient (Wildman–Crippen LogP) is 2.11. The number of urea groups is 1. The second-order valence-electron chi connectivity index (χ2n) is 4.09. The molecule has 94 valence electrons. The van der Waals surface area contributed by atoms with Crippen LogP contribution in [0.1, 0.15) is 20.3 Å². The molecule has 1 aromatic carbocycles. The highest BCUT2D eigenvalue weighted by Crippen LogP contribution is 2.08. The van der Waals surface area contributed by atoms with Crippen LogP contribution in [0.5, 0.6) is 0 Å². The van der Waals surface area contributed by atoms with Gasteiger partial charge >= 0.3 is 6.03 Å². The molecule has 5 heteroatoms. The number of carbonyl (C=O) groups is 1. The van der Waals surface area contributed by atoms with Crippen LogP contribution in [0.15, 0.2) is 24.3 Å². The fourth-order valence-electron chi connectivity index (χ4n) is 1.49. The zero-order valence-corrected chi connectivity index (χ0v) is 9.90. The van der Waals surface area contributed by atoms with Gasteiger partial charge in [-0.15, -0.1) is 0 Å². The van der Waals surface area contributed by atoms with E-state index in [4.69, 9.17) is 5.11 Å². The van der Waals surface area contributed by atoms with E-state index in [-0.39, 0.29) is 17.9 Å². The van der Waals surface area contributed by atoms with Crippen molar-refractivity contribution in [3.05, 3.63) is 30.1 Å². The molecule has 2 unspecified atom stereocenters. The van der Waals surface area contributed by atoms with Gasteiger partial charge in [-0.25, -0.2) is 9.18 Å². The summed E-state index contributed by atoms with van der Waals surface area (Å²) in [5.41, 5.74) is 0.521. The van der Waals surface area contributed by atoms with Crippen LogP contribution < -0.4 is 10.6 Å². The summed E-state index contributed by atoms with van der Waals surface area (Å²) >= 11 is 0. The summed E-state index contributed by atoms with van der Waals surface area (Å²) in [4.78, 5) is 11.5. The lowest BCUT2D eigenvalue weighted by Gasteiger charge is -2.15. The lowest BCUT2D eigenvalue weighted by atomic mass is 10.2. The fraction of sp³-hybridized carbons (Fsp3) is 0.417. The van der Waals surface area contributed by atoms with E-state index in [0.29, 0.717) is 12.1 Å². The first kappa shape index (κ1) is 13.4. The van der Waals surface area contributed by atoms with Gasteiger partial charge in [-0.05, 0) is 44.5 Å². The molecule has 0 aliphatic heterocycles. The van der Waals surface area contributed by atoms with Gasteiger partial charge in [0, 0.05) is 11.7 Å². The van der Waals surface area contributed by atoms with Gasteiger partial charge in [0.25, 0.3) is 0 Å². The first-order valence-corrected chi connectivity index (χ1v) is 5.48. The van der Waals surface area contributed by atoms with Crippen LogP contribution in [0.4, 0.5) is 14.9 Å². The molecule has 1 rings (SSSR count). The molecule has 0 aromatic heterocycles. The van der Waals surface area contributed by atoms with Gasteiger partial charge in [0.1, 0.15) is 5.82 Å². The number of benzene rings is 1. The number of aliphatic hydroxyl groups is 1. The van der Waals surface area contributed by atoms with E-state index in [0.717, 1.165) is 0 Å². The average molecular weight is 240 g/mol. The monoisotopic (exact) mass is 240 g/mol. The zero-order chi connectivity index (χ0) is 12.8. The summed E-state index contributed by atoms with van der Waals surface area (Å²) in [6.07, 6.45) is 0.0210. The first-order valence-electron chi connectivity index (χ1n) is 5.48. The number of nitrogens with one attached hydrogen (secondary N) is 2. The molecule has 17 heavy (non-hydrogen) atoms. The minimum Gasteiger partial charge on any atom is -0.393 e. The Hall–Kier alpha value is -1.62. The molecule has 4 nitrogen and oxygen atoms in total. The van der Waals surface area contributed by atoms with E-state index in [1.165, 1.54) is 24.3 Å². The largest absolute Gasteiger partial charge is 0.393 e. The third-order valence-electron chi connectivity index (χ3n) is 2.17. The van der Waals surface area contributed by atoms with Crippen LogP contribution in [0, 0.1) is 5.82 Å². The lowest BCUT2D eigenvalue weighted by Crippen LogP contribution is -2.37. The average Bonchev–Trinajstić information content (AvgIpc) is 2.19. The summed E-state index contributed by atoms with van der Waals surface area (Å²) < 4.78 is 12.6.